The number of fused-ring (bicyclic) bond motifs is 2. The molecule has 3 heterocycles. The summed E-state index contributed by atoms with van der Waals surface area (Å²) in [6.07, 6.45) is 4.20. The Morgan fingerprint density at radius 1 is 1.10 bits per heavy atom. The Hall–Kier alpha value is -3.28. The minimum atomic E-state index is -0.0533. The maximum atomic E-state index is 12.7. The second kappa shape index (κ2) is 7.28. The van der Waals surface area contributed by atoms with Crippen LogP contribution >= 0.6 is 0 Å². The largest absolute Gasteiger partial charge is 0.486 e. The number of ether oxygens (including phenoxy) is 2. The van der Waals surface area contributed by atoms with Crippen molar-refractivity contribution >= 4 is 11.6 Å². The van der Waals surface area contributed by atoms with Crippen LogP contribution in [0.4, 0.5) is 5.69 Å². The monoisotopic (exact) mass is 390 g/mol. The van der Waals surface area contributed by atoms with Crippen molar-refractivity contribution in [3.63, 3.8) is 0 Å². The normalized spacial score (nSPS) is 14.5. The zero-order valence-corrected chi connectivity index (χ0v) is 16.5. The lowest BCUT2D eigenvalue weighted by atomic mass is 10.1. The van der Waals surface area contributed by atoms with Crippen LogP contribution < -0.4 is 19.4 Å². The van der Waals surface area contributed by atoms with Gasteiger partial charge >= 0.3 is 0 Å². The molecule has 1 N–H and O–H groups in total. The third kappa shape index (κ3) is 3.46. The van der Waals surface area contributed by atoms with Crippen LogP contribution in [0.1, 0.15) is 17.8 Å². The first-order chi connectivity index (χ1) is 14.2. The van der Waals surface area contributed by atoms with Crippen molar-refractivity contribution in [1.29, 1.82) is 0 Å². The highest BCUT2D eigenvalue weighted by molar-refractivity contribution is 5.90. The molecular formula is C23H24N3O3+. The van der Waals surface area contributed by atoms with Gasteiger partial charge in [0, 0.05) is 17.3 Å². The molecule has 0 bridgehead atoms. The number of carbonyl (C=O) groups is 1. The first-order valence-electron chi connectivity index (χ1n) is 10.1. The zero-order valence-electron chi connectivity index (χ0n) is 16.5. The lowest BCUT2D eigenvalue weighted by molar-refractivity contribution is -0.690. The Labute approximate surface area is 169 Å². The molecule has 6 heteroatoms. The van der Waals surface area contributed by atoms with E-state index < -0.39 is 0 Å². The predicted molar refractivity (Wildman–Crippen MR) is 109 cm³/mol. The molecule has 0 atom stereocenters. The molecule has 6 nitrogen and oxygen atoms in total. The molecule has 0 aliphatic carbocycles. The molecule has 1 aromatic heterocycles. The molecule has 0 spiro atoms. The molecule has 2 aliphatic rings. The van der Waals surface area contributed by atoms with Crippen LogP contribution in [0.2, 0.25) is 0 Å². The van der Waals surface area contributed by atoms with E-state index in [0.717, 1.165) is 30.8 Å². The number of aromatic nitrogens is 2. The number of hydrogen-bond acceptors (Lipinski definition) is 3. The van der Waals surface area contributed by atoms with E-state index in [9.17, 15) is 4.79 Å². The highest BCUT2D eigenvalue weighted by Crippen LogP contribution is 2.32. The van der Waals surface area contributed by atoms with Gasteiger partial charge in [-0.2, -0.15) is 0 Å². The molecule has 148 valence electrons. The summed E-state index contributed by atoms with van der Waals surface area (Å²) >= 11 is 0. The SMILES string of the molecule is Cc1ccc(-c2c[n+](CC(=O)Nc3ccc4c(c3)OCCO4)c3n2CCC3)cc1. The summed E-state index contributed by atoms with van der Waals surface area (Å²) < 4.78 is 15.6. The van der Waals surface area contributed by atoms with Crippen molar-refractivity contribution in [2.24, 2.45) is 0 Å². The van der Waals surface area contributed by atoms with E-state index in [2.05, 4.69) is 51.8 Å². The molecule has 2 aliphatic heterocycles. The van der Waals surface area contributed by atoms with Crippen molar-refractivity contribution in [3.8, 4) is 22.8 Å². The molecule has 29 heavy (non-hydrogen) atoms. The number of rotatable bonds is 4. The third-order valence-corrected chi connectivity index (χ3v) is 5.48. The van der Waals surface area contributed by atoms with Gasteiger partial charge in [0.1, 0.15) is 19.4 Å². The fraction of sp³-hybridized carbons (Fsp3) is 0.304. The van der Waals surface area contributed by atoms with E-state index in [4.69, 9.17) is 9.47 Å². The Kier molecular flexibility index (Phi) is 4.46. The summed E-state index contributed by atoms with van der Waals surface area (Å²) in [6.45, 7) is 4.46. The molecule has 1 amide bonds. The van der Waals surface area contributed by atoms with Gasteiger partial charge < -0.3 is 14.8 Å². The number of nitrogens with zero attached hydrogens (tertiary/aromatic N) is 2. The number of imidazole rings is 1. The molecule has 0 saturated carbocycles. The van der Waals surface area contributed by atoms with Crippen molar-refractivity contribution < 1.29 is 18.8 Å². The van der Waals surface area contributed by atoms with Crippen LogP contribution in [0.25, 0.3) is 11.3 Å². The average molecular weight is 390 g/mol. The van der Waals surface area contributed by atoms with Gasteiger partial charge in [-0.15, -0.1) is 0 Å². The van der Waals surface area contributed by atoms with Crippen LogP contribution in [0.3, 0.4) is 0 Å². The summed E-state index contributed by atoms with van der Waals surface area (Å²) in [7, 11) is 0. The van der Waals surface area contributed by atoms with Crippen LogP contribution in [0.5, 0.6) is 11.5 Å². The lowest BCUT2D eigenvalue weighted by Gasteiger charge is -2.18. The van der Waals surface area contributed by atoms with Gasteiger partial charge in [-0.25, -0.2) is 9.13 Å². The first-order valence-corrected chi connectivity index (χ1v) is 10.1. The Morgan fingerprint density at radius 3 is 2.72 bits per heavy atom. The molecule has 0 fully saturated rings. The third-order valence-electron chi connectivity index (χ3n) is 5.48. The molecule has 0 unspecified atom stereocenters. The van der Waals surface area contributed by atoms with Gasteiger partial charge in [0.05, 0.1) is 13.0 Å². The van der Waals surface area contributed by atoms with Crippen LogP contribution in [0, 0.1) is 6.92 Å². The number of anilines is 1. The number of nitrogens with one attached hydrogen (secondary N) is 1. The first kappa shape index (κ1) is 17.8. The highest BCUT2D eigenvalue weighted by Gasteiger charge is 2.29. The van der Waals surface area contributed by atoms with Gasteiger partial charge in [-0.3, -0.25) is 4.79 Å². The van der Waals surface area contributed by atoms with Crippen molar-refractivity contribution in [1.82, 2.24) is 4.57 Å². The summed E-state index contributed by atoms with van der Waals surface area (Å²) in [4.78, 5) is 12.7. The van der Waals surface area contributed by atoms with Crippen LogP contribution in [0.15, 0.2) is 48.7 Å². The number of carbonyl (C=O) groups excluding carboxylic acids is 1. The van der Waals surface area contributed by atoms with E-state index in [0.29, 0.717) is 19.0 Å². The van der Waals surface area contributed by atoms with E-state index in [1.165, 1.54) is 22.6 Å². The molecule has 0 radical (unpaired) electrons. The Balaban J connectivity index is 1.36. The Bertz CT molecular complexity index is 1070. The van der Waals surface area contributed by atoms with E-state index in [-0.39, 0.29) is 12.5 Å². The summed E-state index contributed by atoms with van der Waals surface area (Å²) in [5.41, 5.74) is 4.32. The maximum Gasteiger partial charge on any atom is 0.266 e. The second-order valence-electron chi connectivity index (χ2n) is 7.59. The smallest absolute Gasteiger partial charge is 0.266 e. The fourth-order valence-electron chi connectivity index (χ4n) is 4.08. The van der Waals surface area contributed by atoms with Gasteiger partial charge in [-0.05, 0) is 25.5 Å². The van der Waals surface area contributed by atoms with Crippen molar-refractivity contribution in [3.05, 3.63) is 60.0 Å². The van der Waals surface area contributed by atoms with E-state index in [1.807, 2.05) is 18.2 Å². The Morgan fingerprint density at radius 2 is 1.90 bits per heavy atom. The number of amides is 1. The van der Waals surface area contributed by atoms with Gasteiger partial charge in [-0.1, -0.05) is 29.8 Å². The molecule has 0 saturated heterocycles. The minimum absolute atomic E-state index is 0.0533. The van der Waals surface area contributed by atoms with E-state index in [1.54, 1.807) is 0 Å². The minimum Gasteiger partial charge on any atom is -0.486 e. The highest BCUT2D eigenvalue weighted by atomic mass is 16.6. The van der Waals surface area contributed by atoms with Crippen molar-refractivity contribution in [2.45, 2.75) is 32.9 Å². The molecular weight excluding hydrogens is 366 g/mol. The number of aryl methyl sites for hydroxylation is 1. The van der Waals surface area contributed by atoms with Crippen molar-refractivity contribution in [2.75, 3.05) is 18.5 Å². The summed E-state index contributed by atoms with van der Waals surface area (Å²) in [5.74, 6) is 2.55. The zero-order chi connectivity index (χ0) is 19.8. The summed E-state index contributed by atoms with van der Waals surface area (Å²) in [5, 5.41) is 2.98. The second-order valence-corrected chi connectivity index (χ2v) is 7.59. The molecule has 2 aromatic carbocycles. The number of hydrogen-bond donors (Lipinski definition) is 1. The lowest BCUT2D eigenvalue weighted by Crippen LogP contribution is -2.42. The quantitative estimate of drug-likeness (QED) is 0.697. The summed E-state index contributed by atoms with van der Waals surface area (Å²) in [6, 6.07) is 14.1. The predicted octanol–water partition coefficient (Wildman–Crippen LogP) is 3.11. The van der Waals surface area contributed by atoms with Gasteiger partial charge in [0.25, 0.3) is 11.7 Å². The molecule has 3 aromatic rings. The number of benzene rings is 2. The fourth-order valence-corrected chi connectivity index (χ4v) is 4.08. The molecule has 5 rings (SSSR count). The van der Waals surface area contributed by atoms with Crippen LogP contribution in [-0.2, 0) is 24.3 Å². The van der Waals surface area contributed by atoms with Gasteiger partial charge in [0.2, 0.25) is 0 Å². The van der Waals surface area contributed by atoms with E-state index >= 15 is 0 Å². The average Bonchev–Trinajstić information content (AvgIpc) is 3.33. The standard InChI is InChI=1S/C23H23N3O3/c1-16-4-6-17(7-5-16)19-14-25(23-3-2-10-26(19)23)15-22(27)24-18-8-9-20-21(13-18)29-12-11-28-20/h4-9,13-14H,2-3,10-12,15H2,1H3/p+1. The maximum absolute atomic E-state index is 12.7. The topological polar surface area (TPSA) is 56.4 Å². The van der Waals surface area contributed by atoms with Gasteiger partial charge in [0.15, 0.2) is 23.7 Å². The van der Waals surface area contributed by atoms with Crippen LogP contribution in [-0.4, -0.2) is 23.7 Å².